The molecule has 1 N–H and O–H groups in total. The van der Waals surface area contributed by atoms with Crippen LogP contribution in [0.2, 0.25) is 0 Å². The van der Waals surface area contributed by atoms with Crippen LogP contribution in [0.3, 0.4) is 0 Å². The third kappa shape index (κ3) is 8.19. The maximum absolute atomic E-state index is 12.2. The molecule has 0 spiro atoms. The van der Waals surface area contributed by atoms with Crippen LogP contribution >= 0.6 is 0 Å². The first-order valence-corrected chi connectivity index (χ1v) is 9.14. The average Bonchev–Trinajstić information content (AvgIpc) is 2.57. The molecule has 0 aliphatic rings. The minimum Gasteiger partial charge on any atom is -0.493 e. The predicted molar refractivity (Wildman–Crippen MR) is 103 cm³/mol. The molecule has 1 amide bonds. The summed E-state index contributed by atoms with van der Waals surface area (Å²) in [4.78, 5) is 24.0. The number of nitrogens with one attached hydrogen (secondary N) is 1. The number of benzene rings is 1. The van der Waals surface area contributed by atoms with Gasteiger partial charge in [0, 0.05) is 0 Å². The number of amides is 1. The lowest BCUT2D eigenvalue weighted by atomic mass is 10.1. The van der Waals surface area contributed by atoms with E-state index in [1.54, 1.807) is 45.9 Å². The van der Waals surface area contributed by atoms with Gasteiger partial charge in [-0.2, -0.15) is 0 Å². The quantitative estimate of drug-likeness (QED) is 0.515. The van der Waals surface area contributed by atoms with Gasteiger partial charge in [-0.1, -0.05) is 19.4 Å². The molecule has 0 aliphatic carbocycles. The Bertz CT molecular complexity index is 623. The van der Waals surface area contributed by atoms with Gasteiger partial charge in [-0.05, 0) is 46.2 Å². The monoisotopic (exact) mass is 381 g/mol. The molecule has 0 fully saturated rings. The second-order valence-electron chi connectivity index (χ2n) is 7.18. The summed E-state index contributed by atoms with van der Waals surface area (Å²) in [6.07, 6.45) is 1.34. The molecule has 0 radical (unpaired) electrons. The highest BCUT2D eigenvalue weighted by Gasteiger charge is 2.21. The van der Waals surface area contributed by atoms with Gasteiger partial charge in [0.15, 0.2) is 0 Å². The lowest BCUT2D eigenvalue weighted by Crippen LogP contribution is -2.40. The van der Waals surface area contributed by atoms with Gasteiger partial charge in [0.05, 0.1) is 19.8 Å². The first kappa shape index (κ1) is 22.6. The Morgan fingerprint density at radius 1 is 1.15 bits per heavy atom. The highest BCUT2D eigenvalue weighted by Crippen LogP contribution is 2.29. The number of esters is 1. The molecule has 0 aromatic heterocycles. The molecule has 0 unspecified atom stereocenters. The van der Waals surface area contributed by atoms with Crippen molar-refractivity contribution in [1.29, 1.82) is 0 Å². The van der Waals surface area contributed by atoms with Crippen LogP contribution in [0.4, 0.5) is 4.79 Å². The molecule has 0 aliphatic heterocycles. The maximum Gasteiger partial charge on any atom is 0.407 e. The van der Waals surface area contributed by atoms with Gasteiger partial charge >= 0.3 is 12.1 Å². The van der Waals surface area contributed by atoms with Crippen molar-refractivity contribution < 1.29 is 28.5 Å². The molecule has 0 bridgehead atoms. The summed E-state index contributed by atoms with van der Waals surface area (Å²) >= 11 is 0. The van der Waals surface area contributed by atoms with E-state index < -0.39 is 17.7 Å². The molecule has 1 atom stereocenters. The zero-order valence-corrected chi connectivity index (χ0v) is 17.1. The van der Waals surface area contributed by atoms with Crippen molar-refractivity contribution in [2.45, 2.75) is 59.1 Å². The molecule has 0 saturated heterocycles. The normalized spacial score (nSPS) is 12.1. The van der Waals surface area contributed by atoms with E-state index >= 15 is 0 Å². The van der Waals surface area contributed by atoms with Crippen LogP contribution in [-0.2, 0) is 9.47 Å². The molecule has 1 aromatic carbocycles. The van der Waals surface area contributed by atoms with E-state index in [1.165, 1.54) is 7.11 Å². The molecule has 1 rings (SSSR count). The number of carbonyl (C=O) groups is 2. The van der Waals surface area contributed by atoms with Crippen molar-refractivity contribution in [2.75, 3.05) is 20.3 Å². The number of alkyl carbamates (subject to hydrolysis) is 1. The van der Waals surface area contributed by atoms with Crippen molar-refractivity contribution in [2.24, 2.45) is 0 Å². The zero-order chi connectivity index (χ0) is 20.4. The van der Waals surface area contributed by atoms with Crippen molar-refractivity contribution in [3.8, 4) is 11.5 Å². The Labute approximate surface area is 161 Å². The van der Waals surface area contributed by atoms with Gasteiger partial charge in [-0.15, -0.1) is 0 Å². The minimum absolute atomic E-state index is 0.154. The zero-order valence-electron chi connectivity index (χ0n) is 17.1. The van der Waals surface area contributed by atoms with E-state index in [9.17, 15) is 9.59 Å². The number of unbranched alkanes of at least 4 members (excludes halogenated alkanes) is 1. The minimum atomic E-state index is -0.577. The van der Waals surface area contributed by atoms with Crippen LogP contribution in [0.25, 0.3) is 0 Å². The van der Waals surface area contributed by atoms with Gasteiger partial charge in [-0.3, -0.25) is 0 Å². The fraction of sp³-hybridized carbons (Fsp3) is 0.600. The van der Waals surface area contributed by atoms with E-state index in [-0.39, 0.29) is 18.2 Å². The first-order chi connectivity index (χ1) is 12.7. The largest absolute Gasteiger partial charge is 0.493 e. The van der Waals surface area contributed by atoms with Crippen LogP contribution in [0, 0.1) is 0 Å². The molecule has 0 saturated carbocycles. The Morgan fingerprint density at radius 2 is 1.78 bits per heavy atom. The van der Waals surface area contributed by atoms with E-state index in [0.717, 1.165) is 12.8 Å². The lowest BCUT2D eigenvalue weighted by Gasteiger charge is -2.22. The fourth-order valence-electron chi connectivity index (χ4n) is 2.15. The Kier molecular flexibility index (Phi) is 8.91. The number of ether oxygens (including phenoxy) is 4. The molecule has 1 aromatic rings. The third-order valence-corrected chi connectivity index (χ3v) is 3.38. The number of hydrogen-bond donors (Lipinski definition) is 1. The number of carbonyl (C=O) groups excluding carboxylic acids is 2. The van der Waals surface area contributed by atoms with Crippen LogP contribution in [0.15, 0.2) is 18.2 Å². The second kappa shape index (κ2) is 10.6. The van der Waals surface area contributed by atoms with Crippen LogP contribution in [-0.4, -0.2) is 44.0 Å². The fourth-order valence-corrected chi connectivity index (χ4v) is 2.15. The number of rotatable bonds is 9. The van der Waals surface area contributed by atoms with E-state index in [2.05, 4.69) is 12.2 Å². The Morgan fingerprint density at radius 3 is 2.33 bits per heavy atom. The van der Waals surface area contributed by atoms with Crippen molar-refractivity contribution in [3.63, 3.8) is 0 Å². The second-order valence-corrected chi connectivity index (χ2v) is 7.18. The standard InChI is InChI=1S/C20H31NO6/c1-7-8-12-25-15-10-9-11-16(17(15)18(22)24-6)26-13-14(2)21-19(23)27-20(3,4)5/h9-11,14H,7-8,12-13H2,1-6H3,(H,21,23)/t14-/m0/s1. The van der Waals surface area contributed by atoms with E-state index in [4.69, 9.17) is 18.9 Å². The van der Waals surface area contributed by atoms with Crippen molar-refractivity contribution >= 4 is 12.1 Å². The summed E-state index contributed by atoms with van der Waals surface area (Å²) < 4.78 is 21.5. The van der Waals surface area contributed by atoms with Crippen LogP contribution < -0.4 is 14.8 Å². The molecular weight excluding hydrogens is 350 g/mol. The predicted octanol–water partition coefficient (Wildman–Crippen LogP) is 3.94. The Balaban J connectivity index is 2.79. The molecular formula is C20H31NO6. The molecule has 27 heavy (non-hydrogen) atoms. The Hall–Kier alpha value is -2.44. The molecule has 7 nitrogen and oxygen atoms in total. The topological polar surface area (TPSA) is 83.1 Å². The summed E-state index contributed by atoms with van der Waals surface area (Å²) in [6, 6.07) is 4.79. The first-order valence-electron chi connectivity index (χ1n) is 9.14. The highest BCUT2D eigenvalue weighted by atomic mass is 16.6. The highest BCUT2D eigenvalue weighted by molar-refractivity contribution is 5.95. The third-order valence-electron chi connectivity index (χ3n) is 3.38. The summed E-state index contributed by atoms with van der Waals surface area (Å²) in [6.45, 7) is 9.87. The summed E-state index contributed by atoms with van der Waals surface area (Å²) in [5.74, 6) is 0.221. The smallest absolute Gasteiger partial charge is 0.407 e. The number of methoxy groups -OCH3 is 1. The van der Waals surface area contributed by atoms with E-state index in [1.807, 2.05) is 0 Å². The lowest BCUT2D eigenvalue weighted by molar-refractivity contribution is 0.0489. The molecule has 7 heteroatoms. The van der Waals surface area contributed by atoms with Crippen LogP contribution in [0.1, 0.15) is 57.8 Å². The summed E-state index contributed by atoms with van der Waals surface area (Å²) in [5, 5.41) is 2.69. The van der Waals surface area contributed by atoms with Crippen LogP contribution in [0.5, 0.6) is 11.5 Å². The summed E-state index contributed by atoms with van der Waals surface area (Å²) in [5.41, 5.74) is -0.340. The number of hydrogen-bond acceptors (Lipinski definition) is 6. The van der Waals surface area contributed by atoms with Gasteiger partial charge < -0.3 is 24.3 Å². The maximum atomic E-state index is 12.2. The summed E-state index contributed by atoms with van der Waals surface area (Å²) in [7, 11) is 1.31. The van der Waals surface area contributed by atoms with Gasteiger partial charge in [0.1, 0.15) is 29.3 Å². The van der Waals surface area contributed by atoms with Gasteiger partial charge in [0.25, 0.3) is 0 Å². The average molecular weight is 381 g/mol. The molecule has 0 heterocycles. The van der Waals surface area contributed by atoms with Gasteiger partial charge in [0.2, 0.25) is 0 Å². The van der Waals surface area contributed by atoms with Gasteiger partial charge in [-0.25, -0.2) is 9.59 Å². The SMILES string of the molecule is CCCCOc1cccc(OC[C@H](C)NC(=O)OC(C)(C)C)c1C(=O)OC. The van der Waals surface area contributed by atoms with Crippen molar-refractivity contribution in [3.05, 3.63) is 23.8 Å². The van der Waals surface area contributed by atoms with Crippen molar-refractivity contribution in [1.82, 2.24) is 5.32 Å². The van der Waals surface area contributed by atoms with E-state index in [0.29, 0.717) is 18.1 Å². The molecule has 152 valence electrons.